The van der Waals surface area contributed by atoms with Gasteiger partial charge < -0.3 is 9.84 Å². The molecule has 2 aromatic rings. The van der Waals surface area contributed by atoms with Crippen molar-refractivity contribution >= 4 is 0 Å². The number of rotatable bonds is 8. The summed E-state index contributed by atoms with van der Waals surface area (Å²) >= 11 is 0. The number of nitrogens with zero attached hydrogens (tertiary/aromatic N) is 3. The van der Waals surface area contributed by atoms with Crippen molar-refractivity contribution in [3.05, 3.63) is 41.8 Å². The van der Waals surface area contributed by atoms with Gasteiger partial charge in [0.2, 0.25) is 5.89 Å². The van der Waals surface area contributed by atoms with Crippen LogP contribution < -0.4 is 5.32 Å². The van der Waals surface area contributed by atoms with Gasteiger partial charge in [0.15, 0.2) is 5.82 Å². The van der Waals surface area contributed by atoms with Gasteiger partial charge in [-0.3, -0.25) is 4.98 Å². The van der Waals surface area contributed by atoms with Crippen LogP contribution in [-0.4, -0.2) is 27.7 Å². The molecule has 0 fully saturated rings. The van der Waals surface area contributed by atoms with E-state index in [-0.39, 0.29) is 0 Å². The van der Waals surface area contributed by atoms with Crippen LogP contribution in [0.4, 0.5) is 0 Å². The van der Waals surface area contributed by atoms with E-state index in [1.165, 1.54) is 0 Å². The van der Waals surface area contributed by atoms with Gasteiger partial charge in [0, 0.05) is 24.4 Å². The minimum atomic E-state index is 0.473. The van der Waals surface area contributed by atoms with Crippen molar-refractivity contribution in [3.8, 4) is 0 Å². The monoisotopic (exact) mass is 274 g/mol. The van der Waals surface area contributed by atoms with Gasteiger partial charge >= 0.3 is 0 Å². The fourth-order valence-corrected chi connectivity index (χ4v) is 1.96. The molecule has 2 rings (SSSR count). The molecule has 0 radical (unpaired) electrons. The van der Waals surface area contributed by atoms with Crippen LogP contribution in [0.1, 0.15) is 44.1 Å². The van der Waals surface area contributed by atoms with Crippen LogP contribution in [0.3, 0.4) is 0 Å². The van der Waals surface area contributed by atoms with Gasteiger partial charge in [-0.2, -0.15) is 4.98 Å². The molecule has 5 nitrogen and oxygen atoms in total. The summed E-state index contributed by atoms with van der Waals surface area (Å²) in [7, 11) is 0. The summed E-state index contributed by atoms with van der Waals surface area (Å²) < 4.78 is 5.28. The summed E-state index contributed by atoms with van der Waals surface area (Å²) in [4.78, 5) is 8.67. The molecule has 0 aliphatic carbocycles. The molecule has 1 unspecified atom stereocenters. The maximum Gasteiger partial charge on any atom is 0.226 e. The second-order valence-electron chi connectivity index (χ2n) is 5.00. The van der Waals surface area contributed by atoms with E-state index < -0.39 is 0 Å². The van der Waals surface area contributed by atoms with Gasteiger partial charge in [-0.05, 0) is 38.4 Å². The number of aryl methyl sites for hydroxylation is 1. The van der Waals surface area contributed by atoms with Crippen molar-refractivity contribution in [1.82, 2.24) is 20.4 Å². The van der Waals surface area contributed by atoms with Gasteiger partial charge in [0.25, 0.3) is 0 Å². The molecule has 0 aliphatic rings. The molecule has 0 amide bonds. The normalized spacial score (nSPS) is 12.5. The van der Waals surface area contributed by atoms with Crippen molar-refractivity contribution in [2.75, 3.05) is 6.54 Å². The van der Waals surface area contributed by atoms with Crippen LogP contribution in [0, 0.1) is 0 Å². The Hall–Kier alpha value is -1.75. The average Bonchev–Trinajstić information content (AvgIpc) is 2.91. The predicted octanol–water partition coefficient (Wildman–Crippen LogP) is 2.38. The lowest BCUT2D eigenvalue weighted by Crippen LogP contribution is -2.27. The van der Waals surface area contributed by atoms with Crippen LogP contribution in [0.15, 0.2) is 28.9 Å². The first-order valence-corrected chi connectivity index (χ1v) is 7.22. The zero-order valence-corrected chi connectivity index (χ0v) is 12.2. The smallest absolute Gasteiger partial charge is 0.226 e. The third-order valence-corrected chi connectivity index (χ3v) is 3.11. The Labute approximate surface area is 119 Å². The zero-order chi connectivity index (χ0) is 14.2. The Bertz CT molecular complexity index is 498. The van der Waals surface area contributed by atoms with Crippen LogP contribution in [-0.2, 0) is 12.8 Å². The highest BCUT2D eigenvalue weighted by Gasteiger charge is 2.09. The molecule has 20 heavy (non-hydrogen) atoms. The maximum absolute atomic E-state index is 5.28. The molecule has 0 aromatic carbocycles. The van der Waals surface area contributed by atoms with E-state index in [1.807, 2.05) is 18.2 Å². The lowest BCUT2D eigenvalue weighted by Gasteiger charge is -2.10. The number of aromatic nitrogens is 3. The summed E-state index contributed by atoms with van der Waals surface area (Å²) in [5, 5.41) is 7.45. The fraction of sp³-hybridized carbons (Fsp3) is 0.533. The molecule has 0 saturated carbocycles. The van der Waals surface area contributed by atoms with E-state index in [0.717, 1.165) is 31.5 Å². The first kappa shape index (κ1) is 14.7. The molecular weight excluding hydrogens is 252 g/mol. The molecule has 0 spiro atoms. The predicted molar refractivity (Wildman–Crippen MR) is 77.4 cm³/mol. The third kappa shape index (κ3) is 4.74. The minimum Gasteiger partial charge on any atom is -0.339 e. The molecule has 5 heteroatoms. The Kier molecular flexibility index (Phi) is 5.68. The van der Waals surface area contributed by atoms with E-state index in [4.69, 9.17) is 4.52 Å². The molecule has 1 atom stereocenters. The lowest BCUT2D eigenvalue weighted by molar-refractivity contribution is 0.363. The van der Waals surface area contributed by atoms with E-state index in [9.17, 15) is 0 Å². The van der Waals surface area contributed by atoms with Crippen LogP contribution in [0.5, 0.6) is 0 Å². The summed E-state index contributed by atoms with van der Waals surface area (Å²) in [6.45, 7) is 5.40. The third-order valence-electron chi connectivity index (χ3n) is 3.11. The second kappa shape index (κ2) is 7.75. The Balaban J connectivity index is 1.80. The molecule has 0 bridgehead atoms. The van der Waals surface area contributed by atoms with E-state index in [0.29, 0.717) is 24.2 Å². The Morgan fingerprint density at radius 3 is 3.00 bits per heavy atom. The molecule has 0 aliphatic heterocycles. The van der Waals surface area contributed by atoms with Crippen LogP contribution >= 0.6 is 0 Å². The second-order valence-corrected chi connectivity index (χ2v) is 5.00. The zero-order valence-electron chi connectivity index (χ0n) is 12.2. The minimum absolute atomic E-state index is 0.473. The standard InChI is InChI=1S/C15H22N4O/c1-3-9-16-12(2)7-8-15-18-14(19-20-15)11-13-6-4-5-10-17-13/h4-6,10,12,16H,3,7-9,11H2,1-2H3. The molecule has 2 aromatic heterocycles. The first-order chi connectivity index (χ1) is 9.78. The fourth-order valence-electron chi connectivity index (χ4n) is 1.96. The first-order valence-electron chi connectivity index (χ1n) is 7.22. The van der Waals surface area contributed by atoms with Crippen LogP contribution in [0.25, 0.3) is 0 Å². The average molecular weight is 274 g/mol. The molecule has 1 N–H and O–H groups in total. The van der Waals surface area contributed by atoms with Gasteiger partial charge in [-0.25, -0.2) is 0 Å². The SMILES string of the molecule is CCCNC(C)CCc1nc(Cc2ccccn2)no1. The van der Waals surface area contributed by atoms with Crippen molar-refractivity contribution in [2.24, 2.45) is 0 Å². The Morgan fingerprint density at radius 2 is 2.25 bits per heavy atom. The molecule has 2 heterocycles. The van der Waals surface area contributed by atoms with Gasteiger partial charge in [0.1, 0.15) is 0 Å². The number of hydrogen-bond acceptors (Lipinski definition) is 5. The summed E-state index contributed by atoms with van der Waals surface area (Å²) in [6.07, 6.45) is 5.36. The quantitative estimate of drug-likeness (QED) is 0.800. The molecule has 0 saturated heterocycles. The number of hydrogen-bond donors (Lipinski definition) is 1. The summed E-state index contributed by atoms with van der Waals surface area (Å²) in [6, 6.07) is 6.30. The largest absolute Gasteiger partial charge is 0.339 e. The van der Waals surface area contributed by atoms with Gasteiger partial charge in [-0.15, -0.1) is 0 Å². The number of pyridine rings is 1. The highest BCUT2D eigenvalue weighted by atomic mass is 16.5. The molecular formula is C15H22N4O. The topological polar surface area (TPSA) is 63.8 Å². The maximum atomic E-state index is 5.28. The van der Waals surface area contributed by atoms with Gasteiger partial charge in [0.05, 0.1) is 6.42 Å². The van der Waals surface area contributed by atoms with Crippen molar-refractivity contribution in [2.45, 2.75) is 45.6 Å². The van der Waals surface area contributed by atoms with E-state index >= 15 is 0 Å². The summed E-state index contributed by atoms with van der Waals surface area (Å²) in [5.74, 6) is 1.41. The van der Waals surface area contributed by atoms with Gasteiger partial charge in [-0.1, -0.05) is 18.1 Å². The Morgan fingerprint density at radius 1 is 1.35 bits per heavy atom. The van der Waals surface area contributed by atoms with Crippen LogP contribution in [0.2, 0.25) is 0 Å². The van der Waals surface area contributed by atoms with Crippen molar-refractivity contribution < 1.29 is 4.52 Å². The molecule has 108 valence electrons. The highest BCUT2D eigenvalue weighted by molar-refractivity contribution is 5.09. The number of nitrogens with one attached hydrogen (secondary N) is 1. The lowest BCUT2D eigenvalue weighted by atomic mass is 10.2. The highest BCUT2D eigenvalue weighted by Crippen LogP contribution is 2.07. The summed E-state index contributed by atoms with van der Waals surface area (Å²) in [5.41, 5.74) is 0.956. The van der Waals surface area contributed by atoms with E-state index in [1.54, 1.807) is 6.20 Å². The van der Waals surface area contributed by atoms with Crippen molar-refractivity contribution in [3.63, 3.8) is 0 Å². The van der Waals surface area contributed by atoms with Crippen molar-refractivity contribution in [1.29, 1.82) is 0 Å². The van der Waals surface area contributed by atoms with E-state index in [2.05, 4.69) is 34.3 Å².